The van der Waals surface area contributed by atoms with Crippen LogP contribution in [0.1, 0.15) is 11.3 Å². The minimum atomic E-state index is -4.43. The van der Waals surface area contributed by atoms with E-state index in [1.54, 1.807) is 12.1 Å². The Balaban J connectivity index is 2.51. The summed E-state index contributed by atoms with van der Waals surface area (Å²) in [6.45, 7) is 1.89. The van der Waals surface area contributed by atoms with Crippen LogP contribution in [0.2, 0.25) is 0 Å². The molecule has 96 valence electrons. The Kier molecular flexibility index (Phi) is 3.14. The van der Waals surface area contributed by atoms with Crippen LogP contribution in [0.5, 0.6) is 0 Å². The summed E-state index contributed by atoms with van der Waals surface area (Å²) in [4.78, 5) is 0.738. The molecule has 0 unspecified atom stereocenters. The number of halogens is 3. The molecule has 0 fully saturated rings. The van der Waals surface area contributed by atoms with Gasteiger partial charge in [-0.3, -0.25) is 4.68 Å². The average molecular weight is 272 g/mol. The smallest absolute Gasteiger partial charge is 0.267 e. The number of hydrogen-bond donors (Lipinski definition) is 1. The van der Waals surface area contributed by atoms with Gasteiger partial charge in [0, 0.05) is 17.5 Å². The number of aromatic nitrogens is 2. The molecule has 0 N–H and O–H groups in total. The van der Waals surface area contributed by atoms with E-state index in [9.17, 15) is 13.2 Å². The number of thiol groups is 1. The second-order valence-electron chi connectivity index (χ2n) is 4.04. The molecule has 2 rings (SSSR count). The third kappa shape index (κ3) is 2.38. The van der Waals surface area contributed by atoms with Crippen molar-refractivity contribution in [2.75, 3.05) is 0 Å². The van der Waals surface area contributed by atoms with Crippen molar-refractivity contribution in [1.82, 2.24) is 9.78 Å². The molecule has 2 aromatic rings. The van der Waals surface area contributed by atoms with Gasteiger partial charge in [0.1, 0.15) is 0 Å². The first-order valence-electron chi connectivity index (χ1n) is 5.20. The fraction of sp³-hybridized carbons (Fsp3) is 0.250. The Morgan fingerprint density at radius 1 is 1.22 bits per heavy atom. The van der Waals surface area contributed by atoms with Crippen LogP contribution < -0.4 is 0 Å². The fourth-order valence-corrected chi connectivity index (χ4v) is 1.86. The van der Waals surface area contributed by atoms with E-state index in [1.807, 2.05) is 13.0 Å². The van der Waals surface area contributed by atoms with Crippen molar-refractivity contribution in [3.8, 4) is 11.3 Å². The quantitative estimate of drug-likeness (QED) is 0.784. The van der Waals surface area contributed by atoms with E-state index in [1.165, 1.54) is 11.7 Å². The molecule has 0 aliphatic rings. The number of hydrogen-bond acceptors (Lipinski definition) is 2. The van der Waals surface area contributed by atoms with Crippen molar-refractivity contribution < 1.29 is 13.2 Å². The molecule has 0 aliphatic heterocycles. The Bertz CT molecular complexity index is 587. The van der Waals surface area contributed by atoms with Gasteiger partial charge in [-0.1, -0.05) is 12.1 Å². The summed E-state index contributed by atoms with van der Waals surface area (Å²) in [5.41, 5.74) is 1.16. The largest absolute Gasteiger partial charge is 0.435 e. The maximum atomic E-state index is 12.5. The summed E-state index contributed by atoms with van der Waals surface area (Å²) in [6.07, 6.45) is -4.43. The molecule has 0 saturated heterocycles. The van der Waals surface area contributed by atoms with E-state index in [2.05, 4.69) is 17.7 Å². The number of nitrogens with zero attached hydrogens (tertiary/aromatic N) is 2. The highest BCUT2D eigenvalue weighted by Crippen LogP contribution is 2.32. The van der Waals surface area contributed by atoms with Gasteiger partial charge < -0.3 is 0 Å². The molecule has 1 aromatic heterocycles. The predicted molar refractivity (Wildman–Crippen MR) is 65.6 cm³/mol. The Hall–Kier alpha value is -1.43. The van der Waals surface area contributed by atoms with Gasteiger partial charge in [-0.25, -0.2) is 0 Å². The van der Waals surface area contributed by atoms with Crippen LogP contribution in [0.4, 0.5) is 13.2 Å². The van der Waals surface area contributed by atoms with Crippen LogP contribution >= 0.6 is 12.6 Å². The fourth-order valence-electron chi connectivity index (χ4n) is 1.64. The van der Waals surface area contributed by atoms with Gasteiger partial charge in [-0.05, 0) is 24.6 Å². The maximum absolute atomic E-state index is 12.5. The van der Waals surface area contributed by atoms with Gasteiger partial charge in [0.2, 0.25) is 0 Å². The standard InChI is InChI=1S/C12H11F3N2S/c1-7-3-4-8(5-10(7)18)9-6-11(12(13,14)15)16-17(9)2/h3-6,18H,1-2H3. The summed E-state index contributed by atoms with van der Waals surface area (Å²) in [6, 6.07) is 6.34. The number of alkyl halides is 3. The number of rotatable bonds is 1. The highest BCUT2D eigenvalue weighted by Gasteiger charge is 2.34. The summed E-state index contributed by atoms with van der Waals surface area (Å²) >= 11 is 4.26. The molecule has 1 aromatic carbocycles. The van der Waals surface area contributed by atoms with Crippen molar-refractivity contribution in [1.29, 1.82) is 0 Å². The van der Waals surface area contributed by atoms with Crippen LogP contribution in [-0.2, 0) is 13.2 Å². The highest BCUT2D eigenvalue weighted by atomic mass is 32.1. The van der Waals surface area contributed by atoms with E-state index in [-0.39, 0.29) is 0 Å². The predicted octanol–water partition coefficient (Wildman–Crippen LogP) is 3.70. The second-order valence-corrected chi connectivity index (χ2v) is 4.52. The van der Waals surface area contributed by atoms with E-state index in [0.29, 0.717) is 11.3 Å². The molecule has 0 aliphatic carbocycles. The van der Waals surface area contributed by atoms with Gasteiger partial charge >= 0.3 is 6.18 Å². The van der Waals surface area contributed by atoms with E-state index < -0.39 is 11.9 Å². The first-order valence-corrected chi connectivity index (χ1v) is 5.65. The van der Waals surface area contributed by atoms with Crippen LogP contribution in [0, 0.1) is 6.92 Å². The summed E-state index contributed by atoms with van der Waals surface area (Å²) in [7, 11) is 1.49. The van der Waals surface area contributed by atoms with Gasteiger partial charge in [0.25, 0.3) is 0 Å². The lowest BCUT2D eigenvalue weighted by atomic mass is 10.1. The monoisotopic (exact) mass is 272 g/mol. The van der Waals surface area contributed by atoms with Crippen molar-refractivity contribution in [2.45, 2.75) is 18.0 Å². The molecule has 0 atom stereocenters. The molecule has 1 heterocycles. The first kappa shape index (κ1) is 13.0. The zero-order valence-electron chi connectivity index (χ0n) is 9.78. The minimum Gasteiger partial charge on any atom is -0.267 e. The van der Waals surface area contributed by atoms with Crippen molar-refractivity contribution in [2.24, 2.45) is 7.05 Å². The normalized spacial score (nSPS) is 11.9. The van der Waals surface area contributed by atoms with Gasteiger partial charge in [0.05, 0.1) is 5.69 Å². The van der Waals surface area contributed by atoms with Gasteiger partial charge in [-0.15, -0.1) is 12.6 Å². The zero-order chi connectivity index (χ0) is 13.5. The SMILES string of the molecule is Cc1ccc(-c2cc(C(F)(F)F)nn2C)cc1S. The van der Waals surface area contributed by atoms with Crippen molar-refractivity contribution in [3.05, 3.63) is 35.5 Å². The molecule has 18 heavy (non-hydrogen) atoms. The molecule has 0 amide bonds. The van der Waals surface area contributed by atoms with Gasteiger partial charge in [-0.2, -0.15) is 18.3 Å². The minimum absolute atomic E-state index is 0.414. The molecule has 0 radical (unpaired) electrons. The molecular formula is C12H11F3N2S. The molecule has 0 spiro atoms. The molecule has 0 saturated carbocycles. The van der Waals surface area contributed by atoms with E-state index >= 15 is 0 Å². The first-order chi connectivity index (χ1) is 8.29. The third-order valence-corrected chi connectivity index (χ3v) is 3.16. The lowest BCUT2D eigenvalue weighted by Gasteiger charge is -2.04. The molecule has 0 bridgehead atoms. The topological polar surface area (TPSA) is 17.8 Å². The second kappa shape index (κ2) is 4.35. The Morgan fingerprint density at radius 2 is 1.89 bits per heavy atom. The Morgan fingerprint density at radius 3 is 2.39 bits per heavy atom. The number of aryl methyl sites for hydroxylation is 2. The molecule has 6 heteroatoms. The molecule has 2 nitrogen and oxygen atoms in total. The lowest BCUT2D eigenvalue weighted by Crippen LogP contribution is -2.06. The zero-order valence-corrected chi connectivity index (χ0v) is 10.7. The van der Waals surface area contributed by atoms with E-state index in [0.717, 1.165) is 16.5 Å². The van der Waals surface area contributed by atoms with Crippen molar-refractivity contribution >= 4 is 12.6 Å². The van der Waals surface area contributed by atoms with Crippen LogP contribution in [-0.4, -0.2) is 9.78 Å². The summed E-state index contributed by atoms with van der Waals surface area (Å²) in [5, 5.41) is 3.48. The third-order valence-electron chi connectivity index (χ3n) is 2.68. The van der Waals surface area contributed by atoms with Gasteiger partial charge in [0.15, 0.2) is 5.69 Å². The number of benzene rings is 1. The Labute approximate surface area is 108 Å². The van der Waals surface area contributed by atoms with Crippen LogP contribution in [0.15, 0.2) is 29.2 Å². The molecular weight excluding hydrogens is 261 g/mol. The van der Waals surface area contributed by atoms with Crippen LogP contribution in [0.25, 0.3) is 11.3 Å². The summed E-state index contributed by atoms with van der Waals surface area (Å²) < 4.78 is 38.9. The van der Waals surface area contributed by atoms with Crippen LogP contribution in [0.3, 0.4) is 0 Å². The maximum Gasteiger partial charge on any atom is 0.435 e. The summed E-state index contributed by atoms with van der Waals surface area (Å²) in [5.74, 6) is 0. The van der Waals surface area contributed by atoms with Crippen molar-refractivity contribution in [3.63, 3.8) is 0 Å². The highest BCUT2D eigenvalue weighted by molar-refractivity contribution is 7.80. The average Bonchev–Trinajstić information content (AvgIpc) is 2.64. The lowest BCUT2D eigenvalue weighted by molar-refractivity contribution is -0.141. The van der Waals surface area contributed by atoms with E-state index in [4.69, 9.17) is 0 Å².